The SMILES string of the molecule is CC1C(C)S(=O)CCN1S(C)(=O)=O. The molecule has 78 valence electrons. The molecular weight excluding hydrogens is 210 g/mol. The second-order valence-corrected chi connectivity index (χ2v) is 7.25. The lowest BCUT2D eigenvalue weighted by Crippen LogP contribution is -2.51. The molecule has 0 N–H and O–H groups in total. The molecule has 1 aliphatic rings. The van der Waals surface area contributed by atoms with E-state index >= 15 is 0 Å². The van der Waals surface area contributed by atoms with Gasteiger partial charge in [0.25, 0.3) is 0 Å². The van der Waals surface area contributed by atoms with E-state index in [1.54, 1.807) is 0 Å². The molecule has 0 amide bonds. The van der Waals surface area contributed by atoms with E-state index in [1.807, 2.05) is 13.8 Å². The molecule has 0 aromatic heterocycles. The predicted molar refractivity (Wildman–Crippen MR) is 53.5 cm³/mol. The zero-order chi connectivity index (χ0) is 10.2. The molecule has 1 aliphatic heterocycles. The highest BCUT2D eigenvalue weighted by Gasteiger charge is 2.34. The first-order valence-corrected chi connectivity index (χ1v) is 7.41. The van der Waals surface area contributed by atoms with Crippen molar-refractivity contribution < 1.29 is 12.6 Å². The summed E-state index contributed by atoms with van der Waals surface area (Å²) in [4.78, 5) is 0. The summed E-state index contributed by atoms with van der Waals surface area (Å²) in [5, 5.41) is -0.0662. The summed E-state index contributed by atoms with van der Waals surface area (Å²) in [6.07, 6.45) is 1.20. The van der Waals surface area contributed by atoms with E-state index in [0.29, 0.717) is 12.3 Å². The molecule has 4 nitrogen and oxygen atoms in total. The van der Waals surface area contributed by atoms with Crippen LogP contribution in [0.4, 0.5) is 0 Å². The van der Waals surface area contributed by atoms with E-state index in [4.69, 9.17) is 0 Å². The van der Waals surface area contributed by atoms with Crippen molar-refractivity contribution in [1.82, 2.24) is 4.31 Å². The van der Waals surface area contributed by atoms with Gasteiger partial charge in [-0.15, -0.1) is 0 Å². The Balaban J connectivity index is 2.88. The molecule has 0 aromatic carbocycles. The molecule has 0 saturated carbocycles. The summed E-state index contributed by atoms with van der Waals surface area (Å²) in [5.41, 5.74) is 0. The van der Waals surface area contributed by atoms with E-state index in [2.05, 4.69) is 0 Å². The van der Waals surface area contributed by atoms with Crippen molar-refractivity contribution >= 4 is 20.8 Å². The van der Waals surface area contributed by atoms with Crippen LogP contribution in [0.15, 0.2) is 0 Å². The fraction of sp³-hybridized carbons (Fsp3) is 1.00. The molecule has 1 fully saturated rings. The topological polar surface area (TPSA) is 54.5 Å². The van der Waals surface area contributed by atoms with Gasteiger partial charge < -0.3 is 0 Å². The normalized spacial score (nSPS) is 37.6. The van der Waals surface area contributed by atoms with Gasteiger partial charge in [0.1, 0.15) is 0 Å². The number of hydrogen-bond acceptors (Lipinski definition) is 3. The van der Waals surface area contributed by atoms with Crippen molar-refractivity contribution in [2.45, 2.75) is 25.1 Å². The highest BCUT2D eigenvalue weighted by molar-refractivity contribution is 7.89. The summed E-state index contributed by atoms with van der Waals surface area (Å²) in [6, 6.07) is -0.149. The third-order valence-electron chi connectivity index (χ3n) is 2.49. The van der Waals surface area contributed by atoms with Crippen LogP contribution in [0.1, 0.15) is 13.8 Å². The van der Waals surface area contributed by atoms with Gasteiger partial charge in [0.05, 0.1) is 6.26 Å². The Hall–Kier alpha value is 0.0600. The van der Waals surface area contributed by atoms with Crippen molar-refractivity contribution in [3.63, 3.8) is 0 Å². The molecule has 1 rings (SSSR count). The fourth-order valence-corrected chi connectivity index (χ4v) is 4.23. The van der Waals surface area contributed by atoms with Gasteiger partial charge in [-0.1, -0.05) is 0 Å². The Bertz CT molecular complexity index is 312. The maximum absolute atomic E-state index is 11.4. The van der Waals surface area contributed by atoms with Crippen molar-refractivity contribution in [1.29, 1.82) is 0 Å². The molecular formula is C7H15NO3S2. The van der Waals surface area contributed by atoms with E-state index in [9.17, 15) is 12.6 Å². The van der Waals surface area contributed by atoms with Crippen LogP contribution in [0.5, 0.6) is 0 Å². The second-order valence-electron chi connectivity index (χ2n) is 3.40. The van der Waals surface area contributed by atoms with Crippen LogP contribution >= 0.6 is 0 Å². The van der Waals surface area contributed by atoms with Crippen LogP contribution < -0.4 is 0 Å². The van der Waals surface area contributed by atoms with Crippen molar-refractivity contribution in [2.75, 3.05) is 18.6 Å². The van der Waals surface area contributed by atoms with E-state index in [-0.39, 0.29) is 11.3 Å². The van der Waals surface area contributed by atoms with Gasteiger partial charge in [-0.3, -0.25) is 4.21 Å². The first-order valence-electron chi connectivity index (χ1n) is 4.18. The minimum Gasteiger partial charge on any atom is -0.259 e. The minimum atomic E-state index is -3.13. The van der Waals surface area contributed by atoms with Crippen LogP contribution in [0.2, 0.25) is 0 Å². The Morgan fingerprint density at radius 3 is 2.38 bits per heavy atom. The standard InChI is InChI=1S/C7H15NO3S2/c1-6-7(2)12(9)5-4-8(6)13(3,10)11/h6-7H,4-5H2,1-3H3. The van der Waals surface area contributed by atoms with Gasteiger partial charge in [-0.2, -0.15) is 4.31 Å². The quantitative estimate of drug-likeness (QED) is 0.620. The van der Waals surface area contributed by atoms with Gasteiger partial charge in [0.15, 0.2) is 0 Å². The maximum atomic E-state index is 11.4. The maximum Gasteiger partial charge on any atom is 0.211 e. The largest absolute Gasteiger partial charge is 0.259 e. The first-order chi connectivity index (χ1) is 5.84. The number of hydrogen-bond donors (Lipinski definition) is 0. The number of nitrogens with zero attached hydrogens (tertiary/aromatic N) is 1. The average Bonchev–Trinajstić information content (AvgIpc) is 1.98. The number of sulfonamides is 1. The third-order valence-corrected chi connectivity index (χ3v) is 5.66. The van der Waals surface area contributed by atoms with Crippen molar-refractivity contribution in [3.8, 4) is 0 Å². The summed E-state index contributed by atoms with van der Waals surface area (Å²) in [7, 11) is -4.01. The Morgan fingerprint density at radius 1 is 1.38 bits per heavy atom. The molecule has 13 heavy (non-hydrogen) atoms. The lowest BCUT2D eigenvalue weighted by atomic mass is 10.2. The lowest BCUT2D eigenvalue weighted by molar-refractivity contribution is 0.337. The molecule has 1 heterocycles. The van der Waals surface area contributed by atoms with Crippen LogP contribution in [0.3, 0.4) is 0 Å². The molecule has 3 atom stereocenters. The monoisotopic (exact) mass is 225 g/mol. The summed E-state index contributed by atoms with van der Waals surface area (Å²) in [6.45, 7) is 4.03. The van der Waals surface area contributed by atoms with Crippen molar-refractivity contribution in [3.05, 3.63) is 0 Å². The minimum absolute atomic E-state index is 0.0662. The molecule has 0 aliphatic carbocycles. The molecule has 0 spiro atoms. The zero-order valence-electron chi connectivity index (χ0n) is 8.06. The first kappa shape index (κ1) is 11.1. The van der Waals surface area contributed by atoms with Crippen LogP contribution in [0, 0.1) is 0 Å². The Kier molecular flexibility index (Phi) is 3.14. The van der Waals surface area contributed by atoms with Gasteiger partial charge in [-0.25, -0.2) is 8.42 Å². The van der Waals surface area contributed by atoms with E-state index < -0.39 is 20.8 Å². The fourth-order valence-electron chi connectivity index (χ4n) is 1.49. The molecule has 0 bridgehead atoms. The number of rotatable bonds is 1. The third kappa shape index (κ3) is 2.30. The lowest BCUT2D eigenvalue weighted by Gasteiger charge is -2.35. The predicted octanol–water partition coefficient (Wildman–Crippen LogP) is -0.213. The van der Waals surface area contributed by atoms with E-state index in [1.165, 1.54) is 10.6 Å². The van der Waals surface area contributed by atoms with Crippen LogP contribution in [-0.4, -0.2) is 46.8 Å². The highest BCUT2D eigenvalue weighted by atomic mass is 32.2. The van der Waals surface area contributed by atoms with Gasteiger partial charge in [0.2, 0.25) is 10.0 Å². The summed E-state index contributed by atoms with van der Waals surface area (Å²) < 4.78 is 35.3. The Labute approximate surface area is 81.8 Å². The van der Waals surface area contributed by atoms with Gasteiger partial charge in [-0.05, 0) is 13.8 Å². The molecule has 1 saturated heterocycles. The highest BCUT2D eigenvalue weighted by Crippen LogP contribution is 2.18. The van der Waals surface area contributed by atoms with Gasteiger partial charge >= 0.3 is 0 Å². The van der Waals surface area contributed by atoms with Crippen LogP contribution in [-0.2, 0) is 20.8 Å². The van der Waals surface area contributed by atoms with Crippen molar-refractivity contribution in [2.24, 2.45) is 0 Å². The average molecular weight is 225 g/mol. The molecule has 0 radical (unpaired) electrons. The summed E-state index contributed by atoms with van der Waals surface area (Å²) >= 11 is 0. The zero-order valence-corrected chi connectivity index (χ0v) is 9.69. The summed E-state index contributed by atoms with van der Waals surface area (Å²) in [5.74, 6) is 0.457. The van der Waals surface area contributed by atoms with Gasteiger partial charge in [0, 0.05) is 34.4 Å². The smallest absolute Gasteiger partial charge is 0.211 e. The molecule has 6 heteroatoms. The van der Waals surface area contributed by atoms with E-state index in [0.717, 1.165) is 0 Å². The van der Waals surface area contributed by atoms with Crippen LogP contribution in [0.25, 0.3) is 0 Å². The molecule has 0 aromatic rings. The Morgan fingerprint density at radius 2 is 1.92 bits per heavy atom. The second kappa shape index (κ2) is 3.67. The molecule has 3 unspecified atom stereocenters.